The van der Waals surface area contributed by atoms with Crippen molar-refractivity contribution in [3.63, 3.8) is 0 Å². The molecular weight excluding hydrogens is 404 g/mol. The molecule has 1 N–H and O–H groups in total. The maximum atomic E-state index is 13.5. The van der Waals surface area contributed by atoms with Crippen molar-refractivity contribution >= 4 is 16.9 Å². The first-order valence-corrected chi connectivity index (χ1v) is 11.0. The third kappa shape index (κ3) is 4.93. The van der Waals surface area contributed by atoms with Crippen LogP contribution in [0, 0.1) is 0 Å². The molecule has 3 rings (SSSR count). The molecule has 7 nitrogen and oxygen atoms in total. The zero-order valence-corrected chi connectivity index (χ0v) is 19.7. The molecule has 32 heavy (non-hydrogen) atoms. The standard InChI is InChI=1S/C25H32N4O3/c1-7-28(24(31)27-25(4,5)6)17(3)22-26-21-12-10-9-11-20(21)23(30)29(22)18-13-15-19(16-14-18)32-8-2/h9-17H,7-8H2,1-6H3,(H,27,31). The summed E-state index contributed by atoms with van der Waals surface area (Å²) in [7, 11) is 0. The van der Waals surface area contributed by atoms with Crippen LogP contribution in [0.15, 0.2) is 53.3 Å². The molecule has 1 unspecified atom stereocenters. The lowest BCUT2D eigenvalue weighted by Gasteiger charge is -2.32. The van der Waals surface area contributed by atoms with Crippen LogP contribution in [0.5, 0.6) is 5.75 Å². The van der Waals surface area contributed by atoms with Gasteiger partial charge < -0.3 is 15.0 Å². The Bertz CT molecular complexity index is 1150. The number of para-hydroxylation sites is 1. The van der Waals surface area contributed by atoms with Gasteiger partial charge in [-0.1, -0.05) is 12.1 Å². The van der Waals surface area contributed by atoms with Crippen molar-refractivity contribution in [2.45, 2.75) is 53.1 Å². The van der Waals surface area contributed by atoms with E-state index in [0.29, 0.717) is 35.6 Å². The van der Waals surface area contributed by atoms with E-state index in [1.807, 2.05) is 84.0 Å². The van der Waals surface area contributed by atoms with Crippen molar-refractivity contribution in [3.8, 4) is 11.4 Å². The zero-order valence-electron chi connectivity index (χ0n) is 19.7. The Balaban J connectivity index is 2.17. The van der Waals surface area contributed by atoms with Crippen molar-refractivity contribution < 1.29 is 9.53 Å². The molecule has 2 aromatic carbocycles. The maximum Gasteiger partial charge on any atom is 0.318 e. The van der Waals surface area contributed by atoms with E-state index in [0.717, 1.165) is 5.75 Å². The Morgan fingerprint density at radius 2 is 1.78 bits per heavy atom. The largest absolute Gasteiger partial charge is 0.494 e. The van der Waals surface area contributed by atoms with Gasteiger partial charge in [0.15, 0.2) is 0 Å². The highest BCUT2D eigenvalue weighted by Crippen LogP contribution is 2.24. The summed E-state index contributed by atoms with van der Waals surface area (Å²) in [6, 6.07) is 14.0. The van der Waals surface area contributed by atoms with Crippen molar-refractivity contribution in [2.24, 2.45) is 0 Å². The van der Waals surface area contributed by atoms with Crippen LogP contribution < -0.4 is 15.6 Å². The molecule has 170 valence electrons. The van der Waals surface area contributed by atoms with Gasteiger partial charge in [0.05, 0.1) is 29.2 Å². The van der Waals surface area contributed by atoms with Gasteiger partial charge in [-0.05, 0) is 77.9 Å². The highest BCUT2D eigenvalue weighted by molar-refractivity contribution is 5.78. The minimum absolute atomic E-state index is 0.172. The Labute approximate surface area is 189 Å². The van der Waals surface area contributed by atoms with Crippen LogP contribution in [0.1, 0.15) is 53.4 Å². The van der Waals surface area contributed by atoms with Crippen LogP contribution in [-0.2, 0) is 0 Å². The third-order valence-electron chi connectivity index (χ3n) is 5.13. The summed E-state index contributed by atoms with van der Waals surface area (Å²) >= 11 is 0. The Morgan fingerprint density at radius 1 is 1.12 bits per heavy atom. The summed E-state index contributed by atoms with van der Waals surface area (Å²) in [5.74, 6) is 1.23. The number of nitrogens with zero attached hydrogens (tertiary/aromatic N) is 3. The Morgan fingerprint density at radius 3 is 2.38 bits per heavy atom. The van der Waals surface area contributed by atoms with Gasteiger partial charge in [0, 0.05) is 12.1 Å². The van der Waals surface area contributed by atoms with Gasteiger partial charge in [0.25, 0.3) is 5.56 Å². The van der Waals surface area contributed by atoms with E-state index in [-0.39, 0.29) is 17.1 Å². The molecule has 1 aromatic heterocycles. The number of aromatic nitrogens is 2. The fraction of sp³-hybridized carbons (Fsp3) is 0.400. The molecule has 7 heteroatoms. The number of carbonyl (C=O) groups is 1. The van der Waals surface area contributed by atoms with Crippen molar-refractivity contribution in [1.82, 2.24) is 19.8 Å². The fourth-order valence-corrected chi connectivity index (χ4v) is 3.66. The highest BCUT2D eigenvalue weighted by Gasteiger charge is 2.27. The van der Waals surface area contributed by atoms with Crippen LogP contribution in [-0.4, -0.2) is 39.2 Å². The van der Waals surface area contributed by atoms with Gasteiger partial charge >= 0.3 is 6.03 Å². The highest BCUT2D eigenvalue weighted by atomic mass is 16.5. The second kappa shape index (κ2) is 9.42. The molecule has 0 spiro atoms. The van der Waals surface area contributed by atoms with Crippen molar-refractivity contribution in [3.05, 3.63) is 64.7 Å². The quantitative estimate of drug-likeness (QED) is 0.609. The van der Waals surface area contributed by atoms with E-state index in [1.165, 1.54) is 0 Å². The number of nitrogens with one attached hydrogen (secondary N) is 1. The van der Waals surface area contributed by atoms with Crippen LogP contribution in [0.2, 0.25) is 0 Å². The lowest BCUT2D eigenvalue weighted by Crippen LogP contribution is -2.49. The lowest BCUT2D eigenvalue weighted by atomic mass is 10.1. The topological polar surface area (TPSA) is 76.5 Å². The zero-order chi connectivity index (χ0) is 23.5. The molecule has 0 bridgehead atoms. The smallest absolute Gasteiger partial charge is 0.318 e. The number of fused-ring (bicyclic) bond motifs is 1. The molecule has 3 aromatic rings. The van der Waals surface area contributed by atoms with Crippen LogP contribution >= 0.6 is 0 Å². The van der Waals surface area contributed by atoms with E-state index in [4.69, 9.17) is 9.72 Å². The maximum absolute atomic E-state index is 13.5. The fourth-order valence-electron chi connectivity index (χ4n) is 3.66. The number of carbonyl (C=O) groups excluding carboxylic acids is 1. The van der Waals surface area contributed by atoms with E-state index in [1.54, 1.807) is 15.5 Å². The number of urea groups is 1. The summed E-state index contributed by atoms with van der Waals surface area (Å²) in [6.45, 7) is 12.6. The van der Waals surface area contributed by atoms with Gasteiger partial charge in [-0.3, -0.25) is 9.36 Å². The lowest BCUT2D eigenvalue weighted by molar-refractivity contribution is 0.171. The Hall–Kier alpha value is -3.35. The second-order valence-electron chi connectivity index (χ2n) is 8.70. The molecule has 0 aliphatic carbocycles. The monoisotopic (exact) mass is 436 g/mol. The molecule has 0 saturated heterocycles. The van der Waals surface area contributed by atoms with Crippen molar-refractivity contribution in [2.75, 3.05) is 13.2 Å². The minimum Gasteiger partial charge on any atom is -0.494 e. The summed E-state index contributed by atoms with van der Waals surface area (Å²) in [6.07, 6.45) is 0. The average molecular weight is 437 g/mol. The number of ether oxygens (including phenoxy) is 1. The van der Waals surface area contributed by atoms with Crippen molar-refractivity contribution in [1.29, 1.82) is 0 Å². The predicted octanol–water partition coefficient (Wildman–Crippen LogP) is 4.68. The van der Waals surface area contributed by atoms with Gasteiger partial charge in [-0.25, -0.2) is 9.78 Å². The summed E-state index contributed by atoms with van der Waals surface area (Å²) in [5.41, 5.74) is 0.726. The normalized spacial score (nSPS) is 12.4. The molecular formula is C25H32N4O3. The van der Waals surface area contributed by atoms with Crippen LogP contribution in [0.3, 0.4) is 0 Å². The number of hydrogen-bond donors (Lipinski definition) is 1. The SMILES string of the molecule is CCOc1ccc(-n2c(C(C)N(CC)C(=O)NC(C)(C)C)nc3ccccc3c2=O)cc1. The first kappa shape index (κ1) is 23.3. The van der Waals surface area contributed by atoms with Gasteiger partial charge in [0.2, 0.25) is 0 Å². The summed E-state index contributed by atoms with van der Waals surface area (Å²) in [5, 5.41) is 3.54. The predicted molar refractivity (Wildman–Crippen MR) is 128 cm³/mol. The number of hydrogen-bond acceptors (Lipinski definition) is 4. The van der Waals surface area contributed by atoms with Crippen LogP contribution in [0.4, 0.5) is 4.79 Å². The third-order valence-corrected chi connectivity index (χ3v) is 5.13. The second-order valence-corrected chi connectivity index (χ2v) is 8.70. The van der Waals surface area contributed by atoms with E-state index in [2.05, 4.69) is 5.32 Å². The number of amides is 2. The summed E-state index contributed by atoms with van der Waals surface area (Å²) in [4.78, 5) is 33.1. The average Bonchev–Trinajstić information content (AvgIpc) is 2.74. The molecule has 1 atom stereocenters. The van der Waals surface area contributed by atoms with E-state index < -0.39 is 6.04 Å². The van der Waals surface area contributed by atoms with E-state index >= 15 is 0 Å². The molecule has 0 saturated carbocycles. The van der Waals surface area contributed by atoms with Gasteiger partial charge in [0.1, 0.15) is 11.6 Å². The number of benzene rings is 2. The molecule has 0 fully saturated rings. The van der Waals surface area contributed by atoms with Gasteiger partial charge in [-0.15, -0.1) is 0 Å². The molecule has 1 heterocycles. The van der Waals surface area contributed by atoms with E-state index in [9.17, 15) is 9.59 Å². The molecule has 0 aliphatic rings. The molecule has 0 aliphatic heterocycles. The molecule has 0 radical (unpaired) electrons. The Kier molecular flexibility index (Phi) is 6.87. The number of rotatable bonds is 6. The van der Waals surface area contributed by atoms with Crippen LogP contribution in [0.25, 0.3) is 16.6 Å². The first-order chi connectivity index (χ1) is 15.2. The van der Waals surface area contributed by atoms with Gasteiger partial charge in [-0.2, -0.15) is 0 Å². The summed E-state index contributed by atoms with van der Waals surface area (Å²) < 4.78 is 7.14. The first-order valence-electron chi connectivity index (χ1n) is 11.0. The minimum atomic E-state index is -0.439. The molecule has 2 amide bonds.